The van der Waals surface area contributed by atoms with Gasteiger partial charge in [0, 0.05) is 15.1 Å². The molecule has 1 unspecified atom stereocenters. The van der Waals surface area contributed by atoms with E-state index in [0.29, 0.717) is 5.02 Å². The average molecular weight is 261 g/mol. The number of hydrogen-bond acceptors (Lipinski definition) is 2. The van der Waals surface area contributed by atoms with Crippen LogP contribution in [0.1, 0.15) is 18.5 Å². The van der Waals surface area contributed by atoms with E-state index in [2.05, 4.69) is 20.9 Å². The molecule has 0 aromatic heterocycles. The van der Waals surface area contributed by atoms with E-state index in [9.17, 15) is 4.79 Å². The first-order valence-corrected chi connectivity index (χ1v) is 4.84. The Labute approximate surface area is 89.8 Å². The molecule has 0 bridgehead atoms. The van der Waals surface area contributed by atoms with E-state index < -0.39 is 0 Å². The van der Waals surface area contributed by atoms with Crippen LogP contribution in [0, 0.1) is 0 Å². The van der Waals surface area contributed by atoms with E-state index in [4.69, 9.17) is 11.6 Å². The molecule has 4 heteroatoms. The highest BCUT2D eigenvalue weighted by Crippen LogP contribution is 2.31. The summed E-state index contributed by atoms with van der Waals surface area (Å²) in [6.07, 6.45) is 1.52. The van der Waals surface area contributed by atoms with Crippen molar-refractivity contribution in [3.63, 3.8) is 0 Å². The fourth-order valence-electron chi connectivity index (χ4n) is 1.05. The molecule has 0 aliphatic carbocycles. The zero-order valence-electron chi connectivity index (χ0n) is 6.92. The van der Waals surface area contributed by atoms with Crippen molar-refractivity contribution in [3.05, 3.63) is 33.3 Å². The van der Waals surface area contributed by atoms with Crippen LogP contribution in [0.5, 0.6) is 0 Å². The zero-order chi connectivity index (χ0) is 9.84. The van der Waals surface area contributed by atoms with Crippen LogP contribution in [-0.2, 0) is 4.79 Å². The summed E-state index contributed by atoms with van der Waals surface area (Å²) in [5.74, 6) is 0. The number of nitrogens with zero attached hydrogens (tertiary/aromatic N) is 1. The second-order valence-corrected chi connectivity index (χ2v) is 3.79. The summed E-state index contributed by atoms with van der Waals surface area (Å²) in [6.45, 7) is 1.79. The minimum Gasteiger partial charge on any atom is -0.211 e. The molecule has 1 rings (SSSR count). The maximum atomic E-state index is 10.1. The van der Waals surface area contributed by atoms with Gasteiger partial charge < -0.3 is 0 Å². The third-order valence-corrected chi connectivity index (χ3v) is 2.68. The zero-order valence-corrected chi connectivity index (χ0v) is 9.26. The van der Waals surface area contributed by atoms with Crippen LogP contribution in [0.2, 0.25) is 5.02 Å². The molecule has 0 spiro atoms. The Bertz CT molecular complexity index is 340. The summed E-state index contributed by atoms with van der Waals surface area (Å²) < 4.78 is 0.853. The molecule has 13 heavy (non-hydrogen) atoms. The van der Waals surface area contributed by atoms with Crippen molar-refractivity contribution in [1.82, 2.24) is 0 Å². The highest BCUT2D eigenvalue weighted by Gasteiger charge is 2.11. The topological polar surface area (TPSA) is 29.4 Å². The molecule has 0 radical (unpaired) electrons. The molecular weight excluding hydrogens is 253 g/mol. The molecule has 0 fully saturated rings. The van der Waals surface area contributed by atoms with Gasteiger partial charge in [-0.25, -0.2) is 4.79 Å². The predicted molar refractivity (Wildman–Crippen MR) is 55.7 cm³/mol. The summed E-state index contributed by atoms with van der Waals surface area (Å²) in [6, 6.07) is 5.18. The minimum absolute atomic E-state index is 0.263. The Balaban J connectivity index is 3.19. The van der Waals surface area contributed by atoms with Crippen molar-refractivity contribution in [2.24, 2.45) is 4.99 Å². The lowest BCUT2D eigenvalue weighted by Gasteiger charge is -2.08. The van der Waals surface area contributed by atoms with Gasteiger partial charge in [-0.1, -0.05) is 33.6 Å². The molecule has 68 valence electrons. The molecule has 2 nitrogen and oxygen atoms in total. The quantitative estimate of drug-likeness (QED) is 0.591. The summed E-state index contributed by atoms with van der Waals surface area (Å²) in [5.41, 5.74) is 0.813. The third kappa shape index (κ3) is 2.41. The van der Waals surface area contributed by atoms with Crippen molar-refractivity contribution in [2.75, 3.05) is 0 Å². The molecule has 0 N–H and O–H groups in total. The lowest BCUT2D eigenvalue weighted by Crippen LogP contribution is -1.92. The number of aliphatic imine (C=N–C) groups is 1. The molecule has 0 saturated heterocycles. The second-order valence-electron chi connectivity index (χ2n) is 2.53. The number of halogens is 2. The summed E-state index contributed by atoms with van der Waals surface area (Å²) >= 11 is 9.28. The number of benzene rings is 1. The molecule has 0 amide bonds. The van der Waals surface area contributed by atoms with Gasteiger partial charge in [0.1, 0.15) is 0 Å². The van der Waals surface area contributed by atoms with Crippen LogP contribution in [0.15, 0.2) is 27.7 Å². The Hall–Kier alpha value is -0.630. The van der Waals surface area contributed by atoms with Gasteiger partial charge in [0.15, 0.2) is 0 Å². The van der Waals surface area contributed by atoms with Gasteiger partial charge in [-0.05, 0) is 19.1 Å². The molecule has 0 aliphatic heterocycles. The fraction of sp³-hybridized carbons (Fsp3) is 0.222. The van der Waals surface area contributed by atoms with E-state index in [1.54, 1.807) is 13.0 Å². The lowest BCUT2D eigenvalue weighted by atomic mass is 10.1. The number of isocyanates is 1. The largest absolute Gasteiger partial charge is 0.235 e. The first kappa shape index (κ1) is 10.5. The first-order valence-electron chi connectivity index (χ1n) is 3.67. The van der Waals surface area contributed by atoms with E-state index >= 15 is 0 Å². The van der Waals surface area contributed by atoms with E-state index in [1.807, 2.05) is 12.1 Å². The van der Waals surface area contributed by atoms with Crippen molar-refractivity contribution in [2.45, 2.75) is 13.0 Å². The van der Waals surface area contributed by atoms with Crippen molar-refractivity contribution >= 4 is 33.6 Å². The van der Waals surface area contributed by atoms with Crippen LogP contribution in [-0.4, -0.2) is 6.08 Å². The van der Waals surface area contributed by atoms with E-state index in [0.717, 1.165) is 10.0 Å². The summed E-state index contributed by atoms with van der Waals surface area (Å²) in [4.78, 5) is 13.7. The molecule has 0 saturated carbocycles. The minimum atomic E-state index is -0.263. The maximum Gasteiger partial charge on any atom is 0.235 e. The van der Waals surface area contributed by atoms with E-state index in [1.165, 1.54) is 6.08 Å². The van der Waals surface area contributed by atoms with Crippen molar-refractivity contribution in [1.29, 1.82) is 0 Å². The maximum absolute atomic E-state index is 10.1. The smallest absolute Gasteiger partial charge is 0.211 e. The van der Waals surface area contributed by atoms with Crippen molar-refractivity contribution in [3.8, 4) is 0 Å². The van der Waals surface area contributed by atoms with Crippen LogP contribution >= 0.6 is 27.5 Å². The van der Waals surface area contributed by atoms with Crippen LogP contribution in [0.4, 0.5) is 0 Å². The van der Waals surface area contributed by atoms with Gasteiger partial charge in [0.05, 0.1) is 6.04 Å². The van der Waals surface area contributed by atoms with Crippen LogP contribution < -0.4 is 0 Å². The highest BCUT2D eigenvalue weighted by atomic mass is 79.9. The van der Waals surface area contributed by atoms with Crippen molar-refractivity contribution < 1.29 is 4.79 Å². The van der Waals surface area contributed by atoms with Gasteiger partial charge in [-0.2, -0.15) is 4.99 Å². The number of carbonyl (C=O) groups excluding carboxylic acids is 1. The highest BCUT2D eigenvalue weighted by molar-refractivity contribution is 9.10. The lowest BCUT2D eigenvalue weighted by molar-refractivity contribution is 0.559. The second kappa shape index (κ2) is 4.56. The van der Waals surface area contributed by atoms with Gasteiger partial charge in [0.25, 0.3) is 0 Å². The molecule has 1 aromatic rings. The van der Waals surface area contributed by atoms with Crippen LogP contribution in [0.3, 0.4) is 0 Å². The Kier molecular flexibility index (Phi) is 3.67. The summed E-state index contributed by atoms with van der Waals surface area (Å²) in [5, 5.41) is 0.598. The SMILES string of the molecule is CC(N=C=O)c1c(Cl)cccc1Br. The van der Waals surface area contributed by atoms with Gasteiger partial charge in [-0.3, -0.25) is 0 Å². The van der Waals surface area contributed by atoms with Crippen LogP contribution in [0.25, 0.3) is 0 Å². The Morgan fingerprint density at radius 3 is 2.85 bits per heavy atom. The number of rotatable bonds is 2. The number of hydrogen-bond donors (Lipinski definition) is 0. The van der Waals surface area contributed by atoms with E-state index in [-0.39, 0.29) is 6.04 Å². The third-order valence-electron chi connectivity index (χ3n) is 1.66. The monoisotopic (exact) mass is 259 g/mol. The standard InChI is InChI=1S/C9H7BrClNO/c1-6(12-5-13)9-7(10)3-2-4-8(9)11/h2-4,6H,1H3. The fourth-order valence-corrected chi connectivity index (χ4v) is 2.20. The molecule has 0 heterocycles. The molecule has 1 atom stereocenters. The Morgan fingerprint density at radius 2 is 2.31 bits per heavy atom. The Morgan fingerprint density at radius 1 is 1.62 bits per heavy atom. The summed E-state index contributed by atoms with van der Waals surface area (Å²) in [7, 11) is 0. The average Bonchev–Trinajstić information content (AvgIpc) is 2.04. The normalized spacial score (nSPS) is 11.9. The molecular formula is C9H7BrClNO. The predicted octanol–water partition coefficient (Wildman–Crippen LogP) is 3.50. The molecule has 0 aliphatic rings. The van der Waals surface area contributed by atoms with Gasteiger partial charge in [-0.15, -0.1) is 0 Å². The first-order chi connectivity index (χ1) is 6.16. The molecule has 1 aromatic carbocycles. The van der Waals surface area contributed by atoms with Gasteiger partial charge >= 0.3 is 0 Å². The van der Waals surface area contributed by atoms with Gasteiger partial charge in [0.2, 0.25) is 6.08 Å².